The molecule has 0 atom stereocenters. The molecule has 0 fully saturated rings. The van der Waals surface area contributed by atoms with Gasteiger partial charge in [-0.3, -0.25) is 0 Å². The van der Waals surface area contributed by atoms with Gasteiger partial charge in [0.25, 0.3) is 0 Å². The molecule has 3 aromatic carbocycles. The fourth-order valence-electron chi connectivity index (χ4n) is 2.38. The maximum Gasteiger partial charge on any atom is 0.0473 e. The van der Waals surface area contributed by atoms with Crippen LogP contribution in [-0.2, 0) is 0 Å². The van der Waals surface area contributed by atoms with E-state index in [1.54, 1.807) is 0 Å². The lowest BCUT2D eigenvalue weighted by molar-refractivity contribution is 1.58. The molecule has 0 amide bonds. The topological polar surface area (TPSA) is 26.0 Å². The average Bonchev–Trinajstić information content (AvgIpc) is 2.36. The number of benzene rings is 3. The van der Waals surface area contributed by atoms with Gasteiger partial charge in [-0.25, -0.2) is 0 Å². The Hall–Kier alpha value is -2.02. The number of hydrogen-bond donors (Lipinski definition) is 1. The van der Waals surface area contributed by atoms with Crippen LogP contribution >= 0.6 is 0 Å². The van der Waals surface area contributed by atoms with E-state index in [-0.39, 0.29) is 0 Å². The molecular formula is C15H13N. The summed E-state index contributed by atoms with van der Waals surface area (Å²) in [4.78, 5) is 0. The summed E-state index contributed by atoms with van der Waals surface area (Å²) in [6.45, 7) is 2.16. The molecule has 3 rings (SSSR count). The molecule has 2 N–H and O–H groups in total. The lowest BCUT2D eigenvalue weighted by atomic mass is 9.96. The molecule has 0 aromatic heterocycles. The Morgan fingerprint density at radius 3 is 1.50 bits per heavy atom. The van der Waals surface area contributed by atoms with E-state index in [2.05, 4.69) is 43.3 Å². The van der Waals surface area contributed by atoms with Crippen molar-refractivity contribution in [2.75, 3.05) is 5.73 Å². The quantitative estimate of drug-likeness (QED) is 0.439. The average molecular weight is 207 g/mol. The van der Waals surface area contributed by atoms with Crippen molar-refractivity contribution in [1.29, 1.82) is 0 Å². The van der Waals surface area contributed by atoms with Crippen LogP contribution in [0, 0.1) is 6.92 Å². The molecule has 16 heavy (non-hydrogen) atoms. The Labute approximate surface area is 94.5 Å². The van der Waals surface area contributed by atoms with Gasteiger partial charge in [0.2, 0.25) is 0 Å². The van der Waals surface area contributed by atoms with Crippen LogP contribution in [0.4, 0.5) is 5.69 Å². The molecule has 0 aliphatic heterocycles. The molecule has 78 valence electrons. The van der Waals surface area contributed by atoms with Gasteiger partial charge in [-0.1, -0.05) is 48.5 Å². The lowest BCUT2D eigenvalue weighted by Gasteiger charge is -2.10. The van der Waals surface area contributed by atoms with Crippen LogP contribution in [0.1, 0.15) is 5.56 Å². The first-order chi connectivity index (χ1) is 7.79. The Morgan fingerprint density at radius 2 is 1.06 bits per heavy atom. The van der Waals surface area contributed by atoms with E-state index in [1.165, 1.54) is 16.3 Å². The van der Waals surface area contributed by atoms with Crippen LogP contribution in [0.5, 0.6) is 0 Å². The molecule has 1 nitrogen and oxygen atoms in total. The smallest absolute Gasteiger partial charge is 0.0473 e. The van der Waals surface area contributed by atoms with Crippen molar-refractivity contribution in [2.45, 2.75) is 6.92 Å². The van der Waals surface area contributed by atoms with E-state index in [1.807, 2.05) is 12.1 Å². The van der Waals surface area contributed by atoms with E-state index in [4.69, 9.17) is 5.73 Å². The highest BCUT2D eigenvalue weighted by atomic mass is 14.6. The Bertz CT molecular complexity index is 566. The first-order valence-electron chi connectivity index (χ1n) is 5.44. The van der Waals surface area contributed by atoms with Crippen LogP contribution in [0.3, 0.4) is 0 Å². The zero-order valence-corrected chi connectivity index (χ0v) is 9.20. The lowest BCUT2D eigenvalue weighted by Crippen LogP contribution is -1.92. The molecule has 0 saturated heterocycles. The third-order valence-electron chi connectivity index (χ3n) is 3.24. The van der Waals surface area contributed by atoms with Gasteiger partial charge in [-0.2, -0.15) is 0 Å². The summed E-state index contributed by atoms with van der Waals surface area (Å²) in [5.41, 5.74) is 8.42. The van der Waals surface area contributed by atoms with Crippen LogP contribution < -0.4 is 5.73 Å². The van der Waals surface area contributed by atoms with Crippen LogP contribution in [-0.4, -0.2) is 0 Å². The van der Waals surface area contributed by atoms with E-state index in [9.17, 15) is 0 Å². The molecule has 0 aliphatic carbocycles. The molecule has 0 radical (unpaired) electrons. The van der Waals surface area contributed by atoms with Gasteiger partial charge in [0.1, 0.15) is 0 Å². The summed E-state index contributed by atoms with van der Waals surface area (Å²) in [7, 11) is 0. The van der Waals surface area contributed by atoms with E-state index >= 15 is 0 Å². The van der Waals surface area contributed by atoms with Crippen LogP contribution in [0.25, 0.3) is 21.5 Å². The van der Waals surface area contributed by atoms with Crippen molar-refractivity contribution in [3.05, 3.63) is 54.1 Å². The normalized spacial score (nSPS) is 11.1. The monoisotopic (exact) mass is 207 g/mol. The summed E-state index contributed by atoms with van der Waals surface area (Å²) in [5, 5.41) is 4.80. The molecule has 0 spiro atoms. The summed E-state index contributed by atoms with van der Waals surface area (Å²) < 4.78 is 0. The fraction of sp³-hybridized carbons (Fsp3) is 0.0667. The Balaban J connectivity index is 2.67. The van der Waals surface area contributed by atoms with Gasteiger partial charge in [-0.15, -0.1) is 0 Å². The van der Waals surface area contributed by atoms with Crippen LogP contribution in [0.15, 0.2) is 48.5 Å². The highest BCUT2D eigenvalue weighted by molar-refractivity contribution is 6.12. The van der Waals surface area contributed by atoms with E-state index in [0.29, 0.717) is 0 Å². The summed E-state index contributed by atoms with van der Waals surface area (Å²) in [5.74, 6) is 0. The van der Waals surface area contributed by atoms with Crippen molar-refractivity contribution in [1.82, 2.24) is 0 Å². The Morgan fingerprint density at radius 1 is 0.688 bits per heavy atom. The number of rotatable bonds is 0. The number of hydrogen-bond acceptors (Lipinski definition) is 1. The SMILES string of the molecule is Cc1c2ccccc2c(N)c2ccccc12. The molecule has 0 aliphatic rings. The second-order valence-corrected chi connectivity index (χ2v) is 4.13. The molecule has 0 bridgehead atoms. The van der Waals surface area contributed by atoms with Gasteiger partial charge in [0.05, 0.1) is 0 Å². The molecule has 0 heterocycles. The van der Waals surface area contributed by atoms with Gasteiger partial charge in [-0.05, 0) is 23.3 Å². The van der Waals surface area contributed by atoms with E-state index < -0.39 is 0 Å². The maximum atomic E-state index is 6.22. The molecule has 0 saturated carbocycles. The number of fused-ring (bicyclic) bond motifs is 2. The second kappa shape index (κ2) is 3.24. The minimum Gasteiger partial charge on any atom is -0.398 e. The second-order valence-electron chi connectivity index (χ2n) is 4.13. The Kier molecular flexibility index (Phi) is 1.87. The fourth-order valence-corrected chi connectivity index (χ4v) is 2.38. The van der Waals surface area contributed by atoms with E-state index in [0.717, 1.165) is 16.5 Å². The predicted octanol–water partition coefficient (Wildman–Crippen LogP) is 3.88. The predicted molar refractivity (Wildman–Crippen MR) is 70.6 cm³/mol. The first-order valence-corrected chi connectivity index (χ1v) is 5.44. The van der Waals surface area contributed by atoms with Crippen molar-refractivity contribution < 1.29 is 0 Å². The number of anilines is 1. The highest BCUT2D eigenvalue weighted by Gasteiger charge is 2.07. The number of nitrogen functional groups attached to an aromatic ring is 1. The number of nitrogens with two attached hydrogens (primary N) is 1. The first kappa shape index (κ1) is 9.22. The largest absolute Gasteiger partial charge is 0.398 e. The van der Waals surface area contributed by atoms with Gasteiger partial charge in [0, 0.05) is 16.5 Å². The zero-order valence-electron chi connectivity index (χ0n) is 9.20. The highest BCUT2D eigenvalue weighted by Crippen LogP contribution is 2.33. The summed E-state index contributed by atoms with van der Waals surface area (Å²) >= 11 is 0. The minimum absolute atomic E-state index is 0.886. The molecule has 1 heteroatoms. The third-order valence-corrected chi connectivity index (χ3v) is 3.24. The number of aryl methyl sites for hydroxylation is 1. The molecule has 0 unspecified atom stereocenters. The summed E-state index contributed by atoms with van der Waals surface area (Å²) in [6, 6.07) is 16.6. The zero-order chi connectivity index (χ0) is 11.1. The van der Waals surface area contributed by atoms with Gasteiger partial charge >= 0.3 is 0 Å². The molecule has 3 aromatic rings. The summed E-state index contributed by atoms with van der Waals surface area (Å²) in [6.07, 6.45) is 0. The van der Waals surface area contributed by atoms with Crippen molar-refractivity contribution in [3.63, 3.8) is 0 Å². The third kappa shape index (κ3) is 1.12. The maximum absolute atomic E-state index is 6.22. The van der Waals surface area contributed by atoms with Gasteiger partial charge in [0.15, 0.2) is 0 Å². The van der Waals surface area contributed by atoms with Crippen molar-refractivity contribution in [2.24, 2.45) is 0 Å². The molecular weight excluding hydrogens is 194 g/mol. The van der Waals surface area contributed by atoms with Gasteiger partial charge < -0.3 is 5.73 Å². The minimum atomic E-state index is 0.886. The van der Waals surface area contributed by atoms with Crippen molar-refractivity contribution in [3.8, 4) is 0 Å². The standard InChI is InChI=1S/C15H13N/c1-10-11-6-2-4-8-13(11)15(16)14-9-5-3-7-12(10)14/h2-9H,16H2,1H3. The van der Waals surface area contributed by atoms with Crippen LogP contribution in [0.2, 0.25) is 0 Å². The van der Waals surface area contributed by atoms with Crippen molar-refractivity contribution >= 4 is 27.2 Å².